The molecule has 10 heteroatoms. The second kappa shape index (κ2) is 6.46. The van der Waals surface area contributed by atoms with Crippen LogP contribution in [0.15, 0.2) is 22.4 Å². The van der Waals surface area contributed by atoms with Crippen molar-refractivity contribution in [1.29, 1.82) is 0 Å². The third-order valence-electron chi connectivity index (χ3n) is 3.47. The van der Waals surface area contributed by atoms with Crippen molar-refractivity contribution < 1.29 is 24.3 Å². The second-order valence-corrected chi connectivity index (χ2v) is 7.65. The largest absolute Gasteiger partial charge is 0.480 e. The van der Waals surface area contributed by atoms with E-state index < -0.39 is 36.3 Å². The van der Waals surface area contributed by atoms with E-state index in [0.29, 0.717) is 9.81 Å². The molecule has 0 bridgehead atoms. The fourth-order valence-electron chi connectivity index (χ4n) is 2.42. The molecule has 1 N–H and O–H groups in total. The zero-order chi connectivity index (χ0) is 17.4. The van der Waals surface area contributed by atoms with Gasteiger partial charge in [-0.15, -0.1) is 11.3 Å². The van der Waals surface area contributed by atoms with E-state index in [4.69, 9.17) is 17.3 Å². The third-order valence-corrected chi connectivity index (χ3v) is 5.61. The lowest BCUT2D eigenvalue weighted by Gasteiger charge is -2.20. The summed E-state index contributed by atoms with van der Waals surface area (Å²) < 4.78 is 0.186. The van der Waals surface area contributed by atoms with Gasteiger partial charge in [0.2, 0.25) is 5.91 Å². The van der Waals surface area contributed by atoms with Gasteiger partial charge in [-0.1, -0.05) is 30.0 Å². The van der Waals surface area contributed by atoms with Gasteiger partial charge in [-0.05, 0) is 17.5 Å². The van der Waals surface area contributed by atoms with Gasteiger partial charge in [0.15, 0.2) is 0 Å². The number of rotatable bonds is 4. The molecule has 3 amide bonds. The maximum atomic E-state index is 12.6. The summed E-state index contributed by atoms with van der Waals surface area (Å²) in [5.74, 6) is -3.07. The van der Waals surface area contributed by atoms with Crippen LogP contribution in [-0.4, -0.2) is 55.5 Å². The van der Waals surface area contributed by atoms with Crippen molar-refractivity contribution in [1.82, 2.24) is 9.80 Å². The number of thiophene rings is 1. The Hall–Kier alpha value is -2.04. The van der Waals surface area contributed by atoms with Crippen molar-refractivity contribution in [3.8, 4) is 0 Å². The quantitative estimate of drug-likeness (QED) is 0.474. The molecule has 1 atom stereocenters. The molecule has 0 saturated carbocycles. The summed E-state index contributed by atoms with van der Waals surface area (Å²) in [6.45, 7) is -0.714. The molecule has 1 aromatic rings. The minimum atomic E-state index is -1.29. The van der Waals surface area contributed by atoms with E-state index in [0.717, 1.165) is 21.5 Å². The van der Waals surface area contributed by atoms with E-state index in [1.165, 1.54) is 11.3 Å². The highest BCUT2D eigenvalue weighted by Gasteiger charge is 2.48. The Morgan fingerprint density at radius 3 is 2.79 bits per heavy atom. The van der Waals surface area contributed by atoms with Crippen LogP contribution < -0.4 is 0 Å². The van der Waals surface area contributed by atoms with Crippen LogP contribution in [0.1, 0.15) is 11.3 Å². The fraction of sp³-hybridized carbons (Fsp3) is 0.214. The van der Waals surface area contributed by atoms with Crippen LogP contribution in [0.4, 0.5) is 0 Å². The van der Waals surface area contributed by atoms with Crippen molar-refractivity contribution in [2.24, 2.45) is 0 Å². The number of carboxylic acid groups (broad SMARTS) is 1. The average molecular weight is 382 g/mol. The van der Waals surface area contributed by atoms with Gasteiger partial charge in [0.25, 0.3) is 11.8 Å². The highest BCUT2D eigenvalue weighted by molar-refractivity contribution is 8.26. The standard InChI is InChI=1S/C14H10N2O5S3/c17-10-5-8(12(20)15(10)6-11(18)19)16-13(21)9(24-14(16)22)4-7-2-1-3-23-7/h1-4,8H,5-6H2,(H,18,19)/b9-4-. The van der Waals surface area contributed by atoms with Gasteiger partial charge in [-0.25, -0.2) is 0 Å². The number of hydrogen-bond acceptors (Lipinski definition) is 7. The van der Waals surface area contributed by atoms with Gasteiger partial charge < -0.3 is 5.11 Å². The highest BCUT2D eigenvalue weighted by Crippen LogP contribution is 2.36. The minimum absolute atomic E-state index is 0.186. The Morgan fingerprint density at radius 2 is 2.17 bits per heavy atom. The molecular weight excluding hydrogens is 372 g/mol. The third kappa shape index (κ3) is 2.99. The molecule has 0 aliphatic carbocycles. The van der Waals surface area contributed by atoms with Crippen LogP contribution in [-0.2, 0) is 19.2 Å². The summed E-state index contributed by atoms with van der Waals surface area (Å²) in [5.41, 5.74) is 0. The highest BCUT2D eigenvalue weighted by atomic mass is 32.2. The molecule has 24 heavy (non-hydrogen) atoms. The Kier molecular flexibility index (Phi) is 4.52. The molecule has 2 aliphatic heterocycles. The van der Waals surface area contributed by atoms with Crippen molar-refractivity contribution in [2.75, 3.05) is 6.54 Å². The molecule has 1 aromatic heterocycles. The number of amides is 3. The number of thioether (sulfide) groups is 1. The Balaban J connectivity index is 1.84. The first-order valence-electron chi connectivity index (χ1n) is 6.75. The molecule has 0 aromatic carbocycles. The first kappa shape index (κ1) is 16.8. The van der Waals surface area contributed by atoms with E-state index in [1.807, 2.05) is 17.5 Å². The Bertz CT molecular complexity index is 786. The topological polar surface area (TPSA) is 95.0 Å². The van der Waals surface area contributed by atoms with E-state index in [-0.39, 0.29) is 10.7 Å². The number of likely N-dealkylation sites (tertiary alicyclic amines) is 1. The van der Waals surface area contributed by atoms with Gasteiger partial charge in [-0.2, -0.15) is 0 Å². The van der Waals surface area contributed by atoms with Gasteiger partial charge in [0, 0.05) is 4.88 Å². The molecule has 1 unspecified atom stereocenters. The summed E-state index contributed by atoms with van der Waals surface area (Å²) >= 11 is 7.70. The van der Waals surface area contributed by atoms with E-state index >= 15 is 0 Å². The SMILES string of the molecule is O=C(O)CN1C(=O)CC(N2C(=O)/C(=C/c3cccs3)SC2=S)C1=O. The van der Waals surface area contributed by atoms with E-state index in [1.54, 1.807) is 6.08 Å². The summed E-state index contributed by atoms with van der Waals surface area (Å²) in [7, 11) is 0. The number of carbonyl (C=O) groups is 4. The molecular formula is C14H10N2O5S3. The molecule has 2 aliphatic rings. The van der Waals surface area contributed by atoms with Crippen molar-refractivity contribution in [3.05, 3.63) is 27.3 Å². The normalized spacial score (nSPS) is 23.0. The smallest absolute Gasteiger partial charge is 0.323 e. The number of nitrogens with zero attached hydrogens (tertiary/aromatic N) is 2. The first-order valence-corrected chi connectivity index (χ1v) is 8.85. The van der Waals surface area contributed by atoms with Gasteiger partial charge in [-0.3, -0.25) is 29.0 Å². The minimum Gasteiger partial charge on any atom is -0.480 e. The van der Waals surface area contributed by atoms with Crippen LogP contribution in [0.3, 0.4) is 0 Å². The van der Waals surface area contributed by atoms with Crippen molar-refractivity contribution in [3.63, 3.8) is 0 Å². The molecule has 2 fully saturated rings. The molecule has 7 nitrogen and oxygen atoms in total. The number of aliphatic carboxylic acids is 1. The van der Waals surface area contributed by atoms with Gasteiger partial charge in [0.05, 0.1) is 11.3 Å². The first-order chi connectivity index (χ1) is 11.4. The zero-order valence-electron chi connectivity index (χ0n) is 12.0. The lowest BCUT2D eigenvalue weighted by atomic mass is 10.2. The number of carboxylic acids is 1. The summed E-state index contributed by atoms with van der Waals surface area (Å²) in [6.07, 6.45) is 1.42. The lowest BCUT2D eigenvalue weighted by molar-refractivity contribution is -0.149. The number of carbonyl (C=O) groups excluding carboxylic acids is 3. The van der Waals surface area contributed by atoms with E-state index in [2.05, 4.69) is 0 Å². The van der Waals surface area contributed by atoms with Crippen LogP contribution in [0.2, 0.25) is 0 Å². The Morgan fingerprint density at radius 1 is 1.42 bits per heavy atom. The average Bonchev–Trinajstić information content (AvgIpc) is 3.17. The zero-order valence-corrected chi connectivity index (χ0v) is 14.4. The molecule has 124 valence electrons. The lowest BCUT2D eigenvalue weighted by Crippen LogP contribution is -2.45. The van der Waals surface area contributed by atoms with Gasteiger partial charge >= 0.3 is 5.97 Å². The maximum absolute atomic E-state index is 12.6. The molecule has 3 heterocycles. The predicted molar refractivity (Wildman–Crippen MR) is 92.1 cm³/mol. The van der Waals surface area contributed by atoms with Crippen molar-refractivity contribution in [2.45, 2.75) is 12.5 Å². The fourth-order valence-corrected chi connectivity index (χ4v) is 4.50. The van der Waals surface area contributed by atoms with Crippen molar-refractivity contribution >= 4 is 69.4 Å². The molecule has 2 saturated heterocycles. The van der Waals surface area contributed by atoms with E-state index in [9.17, 15) is 19.2 Å². The van der Waals surface area contributed by atoms with Crippen LogP contribution in [0.25, 0.3) is 6.08 Å². The summed E-state index contributed by atoms with van der Waals surface area (Å²) in [4.78, 5) is 50.5. The second-order valence-electron chi connectivity index (χ2n) is 5.00. The molecule has 3 rings (SSSR count). The number of imide groups is 1. The number of hydrogen-bond donors (Lipinski definition) is 1. The maximum Gasteiger partial charge on any atom is 0.323 e. The van der Waals surface area contributed by atoms with Crippen LogP contribution in [0.5, 0.6) is 0 Å². The van der Waals surface area contributed by atoms with Crippen LogP contribution >= 0.6 is 35.3 Å². The number of thiocarbonyl (C=S) groups is 1. The monoisotopic (exact) mass is 382 g/mol. The summed E-state index contributed by atoms with van der Waals surface area (Å²) in [5, 5.41) is 10.7. The molecule has 0 spiro atoms. The summed E-state index contributed by atoms with van der Waals surface area (Å²) in [6, 6.07) is 2.62. The predicted octanol–water partition coefficient (Wildman–Crippen LogP) is 1.16. The molecule has 0 radical (unpaired) electrons. The van der Waals surface area contributed by atoms with Crippen LogP contribution in [0, 0.1) is 0 Å². The Labute approximate surface area is 149 Å². The van der Waals surface area contributed by atoms with Gasteiger partial charge in [0.1, 0.15) is 16.9 Å².